The molecule has 2 aromatic carbocycles. The Morgan fingerprint density at radius 1 is 1.22 bits per heavy atom. The first-order chi connectivity index (χ1) is 19.3. The number of alkyl halides is 3. The van der Waals surface area contributed by atoms with Crippen LogP contribution < -0.4 is 32.5 Å². The minimum Gasteiger partial charge on any atom is -0.396 e. The summed E-state index contributed by atoms with van der Waals surface area (Å²) in [6.07, 6.45) is -1.74. The summed E-state index contributed by atoms with van der Waals surface area (Å²) in [6.45, 7) is 3.49. The molecule has 0 bridgehead atoms. The van der Waals surface area contributed by atoms with Crippen LogP contribution in [0.15, 0.2) is 48.8 Å². The van der Waals surface area contributed by atoms with Gasteiger partial charge in [-0.05, 0) is 48.4 Å². The van der Waals surface area contributed by atoms with E-state index in [9.17, 15) is 27.6 Å². The number of nitrogens with zero attached hydrogens (tertiary/aromatic N) is 3. The van der Waals surface area contributed by atoms with Crippen LogP contribution in [0.3, 0.4) is 0 Å². The number of halogens is 3. The average Bonchev–Trinajstić information content (AvgIpc) is 3.51. The zero-order valence-corrected chi connectivity index (χ0v) is 22.8. The summed E-state index contributed by atoms with van der Waals surface area (Å²) in [5.74, 6) is 5.08. The fourth-order valence-electron chi connectivity index (χ4n) is 4.04. The highest BCUT2D eigenvalue weighted by atomic mass is 32.1. The minimum atomic E-state index is -4.64. The molecule has 0 saturated carbocycles. The van der Waals surface area contributed by atoms with E-state index in [2.05, 4.69) is 20.9 Å². The van der Waals surface area contributed by atoms with Gasteiger partial charge < -0.3 is 21.7 Å². The molecule has 1 aromatic heterocycles. The third kappa shape index (κ3) is 7.59. The second-order valence-corrected chi connectivity index (χ2v) is 10.4. The number of thiazole rings is 1. The molecule has 4 rings (SSSR count). The van der Waals surface area contributed by atoms with Crippen LogP contribution in [0, 0.1) is 6.92 Å². The van der Waals surface area contributed by atoms with E-state index in [0.717, 1.165) is 23.5 Å². The molecule has 1 fully saturated rings. The molecule has 1 saturated heterocycles. The molecule has 41 heavy (non-hydrogen) atoms. The molecule has 3 aromatic rings. The number of carbonyl (C=O) groups excluding carboxylic acids is 3. The lowest BCUT2D eigenvalue weighted by atomic mass is 10.1. The van der Waals surface area contributed by atoms with Gasteiger partial charge in [0, 0.05) is 37.1 Å². The highest BCUT2D eigenvalue weighted by Gasteiger charge is 2.32. The third-order valence-electron chi connectivity index (χ3n) is 5.95. The normalized spacial score (nSPS) is 14.1. The number of benzene rings is 2. The van der Waals surface area contributed by atoms with Crippen LogP contribution in [0.4, 0.5) is 29.7 Å². The van der Waals surface area contributed by atoms with Crippen LogP contribution in [-0.2, 0) is 22.3 Å². The zero-order valence-electron chi connectivity index (χ0n) is 22.0. The van der Waals surface area contributed by atoms with Crippen molar-refractivity contribution in [2.75, 3.05) is 28.9 Å². The van der Waals surface area contributed by atoms with Gasteiger partial charge in [-0.15, -0.1) is 0 Å². The summed E-state index contributed by atoms with van der Waals surface area (Å²) in [7, 11) is 0. The van der Waals surface area contributed by atoms with Crippen molar-refractivity contribution >= 4 is 51.3 Å². The summed E-state index contributed by atoms with van der Waals surface area (Å²) < 4.78 is 40.8. The standard InChI is InChI=1S/C26H27F3N8O3S/c1-14-3-4-17(7-21(14)37(31)11-20(30)22-9-32-25(41-22)34-15(2)38)24(40)35-19-6-16(5-18(8-19)26(27,28)29)10-36-12-23(39)33-13-36/h3-9,11H,10,12-13,30-31H2,1-2H3,(H,33,39)(H,35,40)(H,32,34,38)/b20-11-. The zero-order chi connectivity index (χ0) is 29.9. The molecular weight excluding hydrogens is 561 g/mol. The van der Waals surface area contributed by atoms with Crippen LogP contribution in [-0.4, -0.2) is 40.8 Å². The molecule has 2 heterocycles. The van der Waals surface area contributed by atoms with E-state index in [1.54, 1.807) is 17.9 Å². The molecule has 0 spiro atoms. The maximum Gasteiger partial charge on any atom is 0.416 e. The van der Waals surface area contributed by atoms with Gasteiger partial charge in [-0.1, -0.05) is 17.4 Å². The fraction of sp³-hybridized carbons (Fsp3) is 0.231. The van der Waals surface area contributed by atoms with Gasteiger partial charge in [0.15, 0.2) is 5.13 Å². The summed E-state index contributed by atoms with van der Waals surface area (Å²) in [4.78, 5) is 42.1. The highest BCUT2D eigenvalue weighted by molar-refractivity contribution is 7.16. The van der Waals surface area contributed by atoms with E-state index >= 15 is 0 Å². The summed E-state index contributed by atoms with van der Waals surface area (Å²) in [5.41, 5.74) is 6.99. The number of nitrogens with one attached hydrogen (secondary N) is 3. The van der Waals surface area contributed by atoms with Gasteiger partial charge in [-0.2, -0.15) is 13.2 Å². The number of hydrogen-bond acceptors (Lipinski definition) is 9. The predicted octanol–water partition coefficient (Wildman–Crippen LogP) is 3.21. The van der Waals surface area contributed by atoms with Gasteiger partial charge in [-0.25, -0.2) is 10.8 Å². The quantitative estimate of drug-likeness (QED) is 0.198. The van der Waals surface area contributed by atoms with Crippen molar-refractivity contribution in [3.63, 3.8) is 0 Å². The van der Waals surface area contributed by atoms with E-state index in [-0.39, 0.29) is 54.1 Å². The summed E-state index contributed by atoms with van der Waals surface area (Å²) in [5, 5.41) is 9.28. The number of carbonyl (C=O) groups is 3. The van der Waals surface area contributed by atoms with Crippen molar-refractivity contribution in [1.82, 2.24) is 15.2 Å². The number of nitrogens with two attached hydrogens (primary N) is 2. The smallest absolute Gasteiger partial charge is 0.396 e. The highest BCUT2D eigenvalue weighted by Crippen LogP contribution is 2.33. The Hall–Kier alpha value is -4.47. The first-order valence-electron chi connectivity index (χ1n) is 12.2. The second-order valence-electron chi connectivity index (χ2n) is 9.32. The number of hydrogen-bond donors (Lipinski definition) is 5. The van der Waals surface area contributed by atoms with Crippen LogP contribution in [0.2, 0.25) is 0 Å². The lowest BCUT2D eigenvalue weighted by Crippen LogP contribution is -2.27. The maximum atomic E-state index is 13.6. The van der Waals surface area contributed by atoms with Crippen molar-refractivity contribution in [3.8, 4) is 0 Å². The first kappa shape index (κ1) is 29.5. The molecule has 0 radical (unpaired) electrons. The van der Waals surface area contributed by atoms with Crippen LogP contribution >= 0.6 is 11.3 Å². The van der Waals surface area contributed by atoms with Crippen molar-refractivity contribution in [1.29, 1.82) is 0 Å². The van der Waals surface area contributed by atoms with E-state index in [1.807, 2.05) is 0 Å². The number of anilines is 3. The van der Waals surface area contributed by atoms with E-state index < -0.39 is 17.6 Å². The molecule has 3 amide bonds. The average molecular weight is 589 g/mol. The van der Waals surface area contributed by atoms with Gasteiger partial charge >= 0.3 is 6.18 Å². The lowest BCUT2D eigenvalue weighted by molar-refractivity contribution is -0.137. The van der Waals surface area contributed by atoms with Crippen LogP contribution in [0.5, 0.6) is 0 Å². The molecule has 1 aliphatic heterocycles. The predicted molar refractivity (Wildman–Crippen MR) is 149 cm³/mol. The molecular formula is C26H27F3N8O3S. The molecule has 216 valence electrons. The van der Waals surface area contributed by atoms with Crippen molar-refractivity contribution in [2.45, 2.75) is 26.6 Å². The Morgan fingerprint density at radius 2 is 1.98 bits per heavy atom. The van der Waals surface area contributed by atoms with Gasteiger partial charge in [-0.3, -0.25) is 24.3 Å². The molecule has 11 nitrogen and oxygen atoms in total. The maximum absolute atomic E-state index is 13.6. The lowest BCUT2D eigenvalue weighted by Gasteiger charge is -2.19. The largest absolute Gasteiger partial charge is 0.416 e. The topological polar surface area (TPSA) is 159 Å². The van der Waals surface area contributed by atoms with Gasteiger partial charge in [0.25, 0.3) is 5.91 Å². The van der Waals surface area contributed by atoms with Gasteiger partial charge in [0.1, 0.15) is 0 Å². The second kappa shape index (κ2) is 12.0. The van der Waals surface area contributed by atoms with Gasteiger partial charge in [0.05, 0.1) is 35.0 Å². The number of aryl methyl sites for hydroxylation is 1. The SMILES string of the molecule is CC(=O)Nc1ncc(/C(N)=C/N(N)c2cc(C(=O)Nc3cc(CN4CNC(=O)C4)cc(C(F)(F)F)c3)ccc2C)s1. The minimum absolute atomic E-state index is 0.0469. The van der Waals surface area contributed by atoms with Gasteiger partial charge in [0.2, 0.25) is 11.8 Å². The third-order valence-corrected chi connectivity index (χ3v) is 6.91. The Kier molecular flexibility index (Phi) is 8.60. The number of rotatable bonds is 8. The van der Waals surface area contributed by atoms with E-state index in [1.165, 1.54) is 42.5 Å². The van der Waals surface area contributed by atoms with E-state index in [0.29, 0.717) is 21.3 Å². The van der Waals surface area contributed by atoms with Crippen molar-refractivity contribution in [3.05, 3.63) is 75.9 Å². The molecule has 0 atom stereocenters. The summed E-state index contributed by atoms with van der Waals surface area (Å²) in [6, 6.07) is 7.94. The number of hydrazine groups is 1. The Labute approximate surface area is 237 Å². The molecule has 7 N–H and O–H groups in total. The summed E-state index contributed by atoms with van der Waals surface area (Å²) >= 11 is 1.15. The molecule has 15 heteroatoms. The molecule has 0 unspecified atom stereocenters. The monoisotopic (exact) mass is 588 g/mol. The van der Waals surface area contributed by atoms with Crippen molar-refractivity contribution in [2.24, 2.45) is 11.6 Å². The Morgan fingerprint density at radius 3 is 2.63 bits per heavy atom. The van der Waals surface area contributed by atoms with E-state index in [4.69, 9.17) is 11.6 Å². The van der Waals surface area contributed by atoms with Crippen molar-refractivity contribution < 1.29 is 27.6 Å². The number of aromatic nitrogens is 1. The first-order valence-corrected chi connectivity index (χ1v) is 13.0. The fourth-order valence-corrected chi connectivity index (χ4v) is 4.82. The molecule has 1 aliphatic rings. The number of amides is 3. The Balaban J connectivity index is 1.54. The van der Waals surface area contributed by atoms with Crippen LogP contribution in [0.25, 0.3) is 5.70 Å². The molecule has 0 aliphatic carbocycles. The Bertz CT molecular complexity index is 1520. The van der Waals surface area contributed by atoms with Crippen LogP contribution in [0.1, 0.15) is 38.8 Å².